The van der Waals surface area contributed by atoms with E-state index < -0.39 is 0 Å². The van der Waals surface area contributed by atoms with E-state index in [1.54, 1.807) is 17.5 Å². The van der Waals surface area contributed by atoms with Gasteiger partial charge in [0.15, 0.2) is 0 Å². The maximum Gasteiger partial charge on any atom is 0.221 e. The standard InChI is InChI=1S/C10H11BrN4S/c1-6(7-2-3-16-5-7)14-9-8(11)4-13-10(12)15-9/h2-6H,1H3,(H3,12,13,14,15). The van der Waals surface area contributed by atoms with Gasteiger partial charge in [0.05, 0.1) is 10.5 Å². The van der Waals surface area contributed by atoms with Crippen LogP contribution in [0.4, 0.5) is 11.8 Å². The molecule has 0 saturated carbocycles. The van der Waals surface area contributed by atoms with Gasteiger partial charge < -0.3 is 11.1 Å². The molecule has 1 unspecified atom stereocenters. The van der Waals surface area contributed by atoms with Crippen molar-refractivity contribution < 1.29 is 0 Å². The summed E-state index contributed by atoms with van der Waals surface area (Å²) in [5.41, 5.74) is 6.77. The Balaban J connectivity index is 2.17. The molecule has 0 amide bonds. The number of thiophene rings is 1. The summed E-state index contributed by atoms with van der Waals surface area (Å²) in [4.78, 5) is 8.03. The van der Waals surface area contributed by atoms with E-state index in [0.29, 0.717) is 5.82 Å². The zero-order chi connectivity index (χ0) is 11.5. The van der Waals surface area contributed by atoms with E-state index in [2.05, 4.69) is 55.0 Å². The van der Waals surface area contributed by atoms with Crippen LogP contribution in [0.3, 0.4) is 0 Å². The van der Waals surface area contributed by atoms with Crippen LogP contribution < -0.4 is 11.1 Å². The van der Waals surface area contributed by atoms with Gasteiger partial charge in [0.2, 0.25) is 5.95 Å². The van der Waals surface area contributed by atoms with Crippen LogP contribution >= 0.6 is 27.3 Å². The number of anilines is 2. The first kappa shape index (κ1) is 11.3. The van der Waals surface area contributed by atoms with E-state index in [4.69, 9.17) is 5.73 Å². The summed E-state index contributed by atoms with van der Waals surface area (Å²) in [6, 6.07) is 2.28. The Bertz CT molecular complexity index is 472. The SMILES string of the molecule is CC(Nc1nc(N)ncc1Br)c1ccsc1. The molecule has 4 nitrogen and oxygen atoms in total. The third kappa shape index (κ3) is 2.51. The molecule has 2 heterocycles. The Labute approximate surface area is 106 Å². The molecular weight excluding hydrogens is 288 g/mol. The molecule has 0 fully saturated rings. The van der Waals surface area contributed by atoms with Gasteiger partial charge in [-0.25, -0.2) is 4.98 Å². The second-order valence-corrected chi connectivity index (χ2v) is 4.98. The first-order valence-electron chi connectivity index (χ1n) is 4.73. The van der Waals surface area contributed by atoms with Gasteiger partial charge in [-0.3, -0.25) is 0 Å². The molecule has 0 aliphatic heterocycles. The van der Waals surface area contributed by atoms with Crippen LogP contribution in [-0.4, -0.2) is 9.97 Å². The highest BCUT2D eigenvalue weighted by Crippen LogP contribution is 2.25. The normalized spacial score (nSPS) is 12.4. The number of nitrogens with two attached hydrogens (primary N) is 1. The van der Waals surface area contributed by atoms with Gasteiger partial charge in [-0.2, -0.15) is 16.3 Å². The van der Waals surface area contributed by atoms with Crippen molar-refractivity contribution in [2.24, 2.45) is 0 Å². The maximum atomic E-state index is 5.54. The van der Waals surface area contributed by atoms with Gasteiger partial charge in [-0.15, -0.1) is 0 Å². The molecule has 0 saturated heterocycles. The molecule has 0 bridgehead atoms. The van der Waals surface area contributed by atoms with Gasteiger partial charge in [0.25, 0.3) is 0 Å². The first-order chi connectivity index (χ1) is 7.66. The second-order valence-electron chi connectivity index (χ2n) is 3.35. The number of halogens is 1. The van der Waals surface area contributed by atoms with Crippen LogP contribution in [0.25, 0.3) is 0 Å². The van der Waals surface area contributed by atoms with Gasteiger partial charge in [0.1, 0.15) is 5.82 Å². The molecule has 2 rings (SSSR count). The lowest BCUT2D eigenvalue weighted by molar-refractivity contribution is 0.876. The zero-order valence-electron chi connectivity index (χ0n) is 8.64. The third-order valence-electron chi connectivity index (χ3n) is 2.16. The van der Waals surface area contributed by atoms with E-state index in [1.165, 1.54) is 5.56 Å². The molecule has 3 N–H and O–H groups in total. The third-order valence-corrected chi connectivity index (χ3v) is 3.44. The molecule has 0 aromatic carbocycles. The minimum absolute atomic E-state index is 0.192. The van der Waals surface area contributed by atoms with Gasteiger partial charge in [-0.05, 0) is 45.2 Å². The molecule has 6 heteroatoms. The number of hydrogen-bond acceptors (Lipinski definition) is 5. The Morgan fingerprint density at radius 2 is 2.38 bits per heavy atom. The van der Waals surface area contributed by atoms with Crippen molar-refractivity contribution in [2.45, 2.75) is 13.0 Å². The summed E-state index contributed by atoms with van der Waals surface area (Å²) in [7, 11) is 0. The molecule has 0 spiro atoms. The van der Waals surface area contributed by atoms with E-state index in [1.807, 2.05) is 0 Å². The fraction of sp³-hybridized carbons (Fsp3) is 0.200. The Kier molecular flexibility index (Phi) is 3.40. The van der Waals surface area contributed by atoms with Gasteiger partial charge in [-0.1, -0.05) is 0 Å². The van der Waals surface area contributed by atoms with Crippen LogP contribution in [-0.2, 0) is 0 Å². The molecular formula is C10H11BrN4S. The monoisotopic (exact) mass is 298 g/mol. The fourth-order valence-corrected chi connectivity index (χ4v) is 2.35. The summed E-state index contributed by atoms with van der Waals surface area (Å²) >= 11 is 5.06. The number of aromatic nitrogens is 2. The van der Waals surface area contributed by atoms with Crippen molar-refractivity contribution in [2.75, 3.05) is 11.1 Å². The molecule has 0 aliphatic rings. The first-order valence-corrected chi connectivity index (χ1v) is 6.47. The second kappa shape index (κ2) is 4.80. The molecule has 16 heavy (non-hydrogen) atoms. The van der Waals surface area contributed by atoms with Crippen molar-refractivity contribution in [1.82, 2.24) is 9.97 Å². The number of nitrogens with zero attached hydrogens (tertiary/aromatic N) is 2. The summed E-state index contributed by atoms with van der Waals surface area (Å²) in [5, 5.41) is 7.44. The average molecular weight is 299 g/mol. The average Bonchev–Trinajstić information content (AvgIpc) is 2.76. The van der Waals surface area contributed by atoms with Crippen molar-refractivity contribution in [3.63, 3.8) is 0 Å². The van der Waals surface area contributed by atoms with E-state index in [9.17, 15) is 0 Å². The molecule has 0 radical (unpaired) electrons. The number of nitrogen functional groups attached to an aromatic ring is 1. The highest BCUT2D eigenvalue weighted by atomic mass is 79.9. The van der Waals surface area contributed by atoms with Crippen LogP contribution in [0.1, 0.15) is 18.5 Å². The van der Waals surface area contributed by atoms with E-state index in [0.717, 1.165) is 4.47 Å². The van der Waals surface area contributed by atoms with E-state index >= 15 is 0 Å². The topological polar surface area (TPSA) is 63.8 Å². The Morgan fingerprint density at radius 1 is 1.56 bits per heavy atom. The Hall–Kier alpha value is -1.14. The van der Waals surface area contributed by atoms with Gasteiger partial charge >= 0.3 is 0 Å². The molecule has 2 aromatic heterocycles. The number of nitrogens with one attached hydrogen (secondary N) is 1. The quantitative estimate of drug-likeness (QED) is 0.914. The Morgan fingerprint density at radius 3 is 3.06 bits per heavy atom. The lowest BCUT2D eigenvalue weighted by Gasteiger charge is -2.14. The smallest absolute Gasteiger partial charge is 0.221 e. The summed E-state index contributed by atoms with van der Waals surface area (Å²) in [6.45, 7) is 2.08. The van der Waals surface area contributed by atoms with Crippen LogP contribution in [0, 0.1) is 0 Å². The zero-order valence-corrected chi connectivity index (χ0v) is 11.0. The molecule has 0 aliphatic carbocycles. The van der Waals surface area contributed by atoms with Crippen molar-refractivity contribution in [3.8, 4) is 0 Å². The summed E-state index contributed by atoms with van der Waals surface area (Å²) in [6.07, 6.45) is 1.64. The van der Waals surface area contributed by atoms with E-state index in [-0.39, 0.29) is 12.0 Å². The maximum absolute atomic E-state index is 5.54. The fourth-order valence-electron chi connectivity index (χ4n) is 1.29. The lowest BCUT2D eigenvalue weighted by atomic mass is 10.2. The number of hydrogen-bond donors (Lipinski definition) is 2. The largest absolute Gasteiger partial charge is 0.368 e. The van der Waals surface area contributed by atoms with Crippen LogP contribution in [0.2, 0.25) is 0 Å². The predicted octanol–water partition coefficient (Wildman–Crippen LogP) is 3.06. The van der Waals surface area contributed by atoms with Crippen molar-refractivity contribution >= 4 is 39.0 Å². The lowest BCUT2D eigenvalue weighted by Crippen LogP contribution is -2.09. The van der Waals surface area contributed by atoms with Crippen LogP contribution in [0.15, 0.2) is 27.5 Å². The van der Waals surface area contributed by atoms with Crippen molar-refractivity contribution in [1.29, 1.82) is 0 Å². The van der Waals surface area contributed by atoms with Crippen molar-refractivity contribution in [3.05, 3.63) is 33.1 Å². The molecule has 1 atom stereocenters. The van der Waals surface area contributed by atoms with Crippen LogP contribution in [0.5, 0.6) is 0 Å². The summed E-state index contributed by atoms with van der Waals surface area (Å²) in [5.74, 6) is 0.981. The highest BCUT2D eigenvalue weighted by molar-refractivity contribution is 9.10. The number of rotatable bonds is 3. The minimum Gasteiger partial charge on any atom is -0.368 e. The molecule has 84 valence electrons. The predicted molar refractivity (Wildman–Crippen MR) is 70.5 cm³/mol. The summed E-state index contributed by atoms with van der Waals surface area (Å²) < 4.78 is 0.809. The van der Waals surface area contributed by atoms with Gasteiger partial charge in [0, 0.05) is 6.20 Å². The highest BCUT2D eigenvalue weighted by Gasteiger charge is 2.09. The molecule has 2 aromatic rings. The minimum atomic E-state index is 0.192.